The second-order valence-corrected chi connectivity index (χ2v) is 6.84. The fourth-order valence-electron chi connectivity index (χ4n) is 2.75. The molecule has 4 heteroatoms. The lowest BCUT2D eigenvalue weighted by molar-refractivity contribution is -0.112. The van der Waals surface area contributed by atoms with Crippen LogP contribution < -0.4 is 10.1 Å². The molecule has 0 fully saturated rings. The van der Waals surface area contributed by atoms with Crippen LogP contribution in [0.5, 0.6) is 5.75 Å². The van der Waals surface area contributed by atoms with Gasteiger partial charge in [0.15, 0.2) is 0 Å². The molecule has 0 heterocycles. The molecule has 0 saturated heterocycles. The molecule has 0 saturated carbocycles. The smallest absolute Gasteiger partial charge is 0.266 e. The molecule has 4 nitrogen and oxygen atoms in total. The largest absolute Gasteiger partial charge is 0.489 e. The number of nitriles is 1. The minimum absolute atomic E-state index is 0.0415. The lowest BCUT2D eigenvalue weighted by atomic mass is 10.1. The first-order chi connectivity index (χ1) is 14.0. The van der Waals surface area contributed by atoms with Crippen molar-refractivity contribution in [1.29, 1.82) is 5.26 Å². The van der Waals surface area contributed by atoms with Gasteiger partial charge in [-0.2, -0.15) is 5.26 Å². The van der Waals surface area contributed by atoms with Gasteiger partial charge >= 0.3 is 0 Å². The number of anilines is 1. The van der Waals surface area contributed by atoms with E-state index in [1.54, 1.807) is 12.1 Å². The molecule has 3 rings (SSSR count). The van der Waals surface area contributed by atoms with Crippen LogP contribution in [0.3, 0.4) is 0 Å². The van der Waals surface area contributed by atoms with Gasteiger partial charge in [0.25, 0.3) is 5.91 Å². The summed E-state index contributed by atoms with van der Waals surface area (Å²) >= 11 is 0. The van der Waals surface area contributed by atoms with Crippen LogP contribution in [0.4, 0.5) is 5.69 Å². The molecule has 0 bridgehead atoms. The van der Waals surface area contributed by atoms with E-state index >= 15 is 0 Å². The summed E-state index contributed by atoms with van der Waals surface area (Å²) in [6, 6.07) is 24.9. The van der Waals surface area contributed by atoms with E-state index in [0.29, 0.717) is 12.3 Å². The van der Waals surface area contributed by atoms with Crippen LogP contribution in [0.25, 0.3) is 6.08 Å². The number of aryl methyl sites for hydroxylation is 2. The summed E-state index contributed by atoms with van der Waals surface area (Å²) in [4.78, 5) is 12.4. The third-order valence-corrected chi connectivity index (χ3v) is 4.36. The van der Waals surface area contributed by atoms with Crippen molar-refractivity contribution in [3.8, 4) is 11.8 Å². The molecule has 1 N–H and O–H groups in total. The van der Waals surface area contributed by atoms with E-state index in [2.05, 4.69) is 17.4 Å². The number of nitrogens with zero attached hydrogens (tertiary/aromatic N) is 1. The molecule has 0 aliphatic rings. The van der Waals surface area contributed by atoms with E-state index in [0.717, 1.165) is 22.4 Å². The number of amides is 1. The Morgan fingerprint density at radius 1 is 1.00 bits per heavy atom. The number of nitrogens with one attached hydrogen (secondary N) is 1. The van der Waals surface area contributed by atoms with Crippen molar-refractivity contribution in [2.45, 2.75) is 20.5 Å². The average Bonchev–Trinajstić information content (AvgIpc) is 2.72. The number of hydrogen-bond acceptors (Lipinski definition) is 3. The predicted octanol–water partition coefficient (Wildman–Crippen LogP) is 5.43. The van der Waals surface area contributed by atoms with Gasteiger partial charge < -0.3 is 10.1 Å². The van der Waals surface area contributed by atoms with E-state index in [1.807, 2.05) is 74.5 Å². The quantitative estimate of drug-likeness (QED) is 0.457. The first kappa shape index (κ1) is 19.9. The van der Waals surface area contributed by atoms with Gasteiger partial charge in [0.2, 0.25) is 0 Å². The molecule has 0 aliphatic carbocycles. The molecule has 0 aromatic heterocycles. The van der Waals surface area contributed by atoms with Gasteiger partial charge in [0, 0.05) is 5.69 Å². The van der Waals surface area contributed by atoms with Gasteiger partial charge in [-0.05, 0) is 60.9 Å². The van der Waals surface area contributed by atoms with Crippen molar-refractivity contribution in [2.24, 2.45) is 0 Å². The number of carbonyl (C=O) groups excluding carboxylic acids is 1. The Bertz CT molecular complexity index is 1060. The summed E-state index contributed by atoms with van der Waals surface area (Å²) in [6.45, 7) is 4.48. The molecule has 0 aliphatic heterocycles. The first-order valence-corrected chi connectivity index (χ1v) is 9.32. The second-order valence-electron chi connectivity index (χ2n) is 6.84. The van der Waals surface area contributed by atoms with Crippen LogP contribution in [-0.2, 0) is 11.4 Å². The Morgan fingerprint density at radius 2 is 1.72 bits per heavy atom. The Balaban J connectivity index is 1.64. The fourth-order valence-corrected chi connectivity index (χ4v) is 2.75. The van der Waals surface area contributed by atoms with E-state index in [4.69, 9.17) is 4.74 Å². The summed E-state index contributed by atoms with van der Waals surface area (Å²) in [6.07, 6.45) is 1.56. The Hall–Kier alpha value is -3.84. The van der Waals surface area contributed by atoms with Crippen molar-refractivity contribution in [2.75, 3.05) is 5.32 Å². The molecule has 29 heavy (non-hydrogen) atoms. The summed E-state index contributed by atoms with van der Waals surface area (Å²) in [5, 5.41) is 12.1. The molecule has 0 unspecified atom stereocenters. The molecule has 3 aromatic carbocycles. The predicted molar refractivity (Wildman–Crippen MR) is 115 cm³/mol. The van der Waals surface area contributed by atoms with E-state index in [-0.39, 0.29) is 5.57 Å². The van der Waals surface area contributed by atoms with Crippen molar-refractivity contribution in [3.05, 3.63) is 101 Å². The molecule has 0 radical (unpaired) electrons. The van der Waals surface area contributed by atoms with E-state index in [1.165, 1.54) is 5.56 Å². The van der Waals surface area contributed by atoms with Crippen molar-refractivity contribution < 1.29 is 9.53 Å². The third-order valence-electron chi connectivity index (χ3n) is 4.36. The van der Waals surface area contributed by atoms with Crippen LogP contribution in [0, 0.1) is 25.2 Å². The topological polar surface area (TPSA) is 62.1 Å². The molecular formula is C25H22N2O2. The van der Waals surface area contributed by atoms with Crippen LogP contribution >= 0.6 is 0 Å². The molecule has 1 amide bonds. The summed E-state index contributed by atoms with van der Waals surface area (Å²) in [5.41, 5.74) is 4.80. The van der Waals surface area contributed by atoms with Gasteiger partial charge in [-0.3, -0.25) is 4.79 Å². The highest BCUT2D eigenvalue weighted by Gasteiger charge is 2.09. The number of hydrogen-bond donors (Lipinski definition) is 1. The highest BCUT2D eigenvalue weighted by atomic mass is 16.5. The standard InChI is InChI=1S/C25H22N2O2/c1-18-6-8-21(9-7-18)17-29-24-12-10-20(11-13-24)15-22(16-26)25(28)27-23-5-3-4-19(2)14-23/h3-15H,17H2,1-2H3,(H,27,28)/b22-15-. The van der Waals surface area contributed by atoms with E-state index in [9.17, 15) is 10.1 Å². The molecule has 144 valence electrons. The lowest BCUT2D eigenvalue weighted by Gasteiger charge is -2.07. The number of rotatable bonds is 6. The minimum atomic E-state index is -0.433. The number of carbonyl (C=O) groups is 1. The van der Waals surface area contributed by atoms with Gasteiger partial charge in [-0.1, -0.05) is 54.1 Å². The molecule has 3 aromatic rings. The lowest BCUT2D eigenvalue weighted by Crippen LogP contribution is -2.13. The van der Waals surface area contributed by atoms with Gasteiger partial charge in [0.05, 0.1) is 0 Å². The Labute approximate surface area is 171 Å². The third kappa shape index (κ3) is 5.82. The molecular weight excluding hydrogens is 360 g/mol. The van der Waals surface area contributed by atoms with Crippen molar-refractivity contribution in [1.82, 2.24) is 0 Å². The number of benzene rings is 3. The van der Waals surface area contributed by atoms with Crippen LogP contribution in [0.15, 0.2) is 78.4 Å². The maximum atomic E-state index is 12.4. The maximum absolute atomic E-state index is 12.4. The Kier molecular flexibility index (Phi) is 6.44. The van der Waals surface area contributed by atoms with Crippen LogP contribution in [0.2, 0.25) is 0 Å². The maximum Gasteiger partial charge on any atom is 0.266 e. The summed E-state index contributed by atoms with van der Waals surface area (Å²) in [7, 11) is 0. The average molecular weight is 382 g/mol. The van der Waals surface area contributed by atoms with Crippen molar-refractivity contribution in [3.63, 3.8) is 0 Å². The second kappa shape index (κ2) is 9.38. The minimum Gasteiger partial charge on any atom is -0.489 e. The fraction of sp³-hybridized carbons (Fsp3) is 0.120. The zero-order chi connectivity index (χ0) is 20.6. The molecule has 0 spiro atoms. The monoisotopic (exact) mass is 382 g/mol. The zero-order valence-corrected chi connectivity index (χ0v) is 16.5. The number of ether oxygens (including phenoxy) is 1. The van der Waals surface area contributed by atoms with E-state index < -0.39 is 5.91 Å². The first-order valence-electron chi connectivity index (χ1n) is 9.32. The summed E-state index contributed by atoms with van der Waals surface area (Å²) < 4.78 is 5.79. The highest BCUT2D eigenvalue weighted by molar-refractivity contribution is 6.09. The van der Waals surface area contributed by atoms with Gasteiger partial charge in [-0.15, -0.1) is 0 Å². The van der Waals surface area contributed by atoms with Crippen LogP contribution in [-0.4, -0.2) is 5.91 Å². The highest BCUT2D eigenvalue weighted by Crippen LogP contribution is 2.17. The van der Waals surface area contributed by atoms with Crippen molar-refractivity contribution >= 4 is 17.7 Å². The normalized spacial score (nSPS) is 10.9. The Morgan fingerprint density at radius 3 is 2.38 bits per heavy atom. The summed E-state index contributed by atoms with van der Waals surface area (Å²) in [5.74, 6) is 0.295. The molecule has 0 atom stereocenters. The van der Waals surface area contributed by atoms with Crippen LogP contribution in [0.1, 0.15) is 22.3 Å². The van der Waals surface area contributed by atoms with Gasteiger partial charge in [0.1, 0.15) is 24.0 Å². The zero-order valence-electron chi connectivity index (χ0n) is 16.5. The SMILES string of the molecule is Cc1ccc(COc2ccc(/C=C(/C#N)C(=O)Nc3cccc(C)c3)cc2)cc1. The van der Waals surface area contributed by atoms with Gasteiger partial charge in [-0.25, -0.2) is 0 Å².